The van der Waals surface area contributed by atoms with Gasteiger partial charge in [0.25, 0.3) is 0 Å². The third-order valence-corrected chi connectivity index (χ3v) is 2.01. The summed E-state index contributed by atoms with van der Waals surface area (Å²) in [7, 11) is -4.92. The zero-order valence-corrected chi connectivity index (χ0v) is 9.44. The summed E-state index contributed by atoms with van der Waals surface area (Å²) in [5, 5.41) is 0. The summed E-state index contributed by atoms with van der Waals surface area (Å²) >= 11 is 0. The molecule has 13 heavy (non-hydrogen) atoms. The molecule has 0 heterocycles. The summed E-state index contributed by atoms with van der Waals surface area (Å²) in [6, 6.07) is 1.65. The molecule has 0 saturated heterocycles. The second-order valence-corrected chi connectivity index (χ2v) is 3.38. The Bertz CT molecular complexity index is 404. The van der Waals surface area contributed by atoms with Crippen molar-refractivity contribution in [3.05, 3.63) is 29.8 Å². The van der Waals surface area contributed by atoms with Crippen LogP contribution in [0.4, 0.5) is 8.78 Å². The van der Waals surface area contributed by atoms with Crippen LogP contribution in [0.2, 0.25) is 0 Å². The minimum absolute atomic E-state index is 0. The van der Waals surface area contributed by atoms with Crippen molar-refractivity contribution in [2.24, 2.45) is 0 Å². The van der Waals surface area contributed by atoms with E-state index < -0.39 is 26.6 Å². The summed E-state index contributed by atoms with van der Waals surface area (Å²) in [5.74, 6) is -2.21. The van der Waals surface area contributed by atoms with E-state index in [1.807, 2.05) is 0 Å². The van der Waals surface area contributed by atoms with Crippen LogP contribution in [0.25, 0.3) is 0 Å². The summed E-state index contributed by atoms with van der Waals surface area (Å²) in [5.41, 5.74) is 0. The van der Waals surface area contributed by atoms with Crippen molar-refractivity contribution in [1.29, 1.82) is 0 Å². The van der Waals surface area contributed by atoms with Gasteiger partial charge in [-0.25, -0.2) is 17.2 Å². The quantitative estimate of drug-likeness (QED) is 0.398. The second kappa shape index (κ2) is 4.47. The Kier molecular flexibility index (Phi) is 4.47. The van der Waals surface area contributed by atoms with E-state index in [2.05, 4.69) is 0 Å². The third-order valence-electron chi connectivity index (χ3n) is 1.16. The first-order valence-corrected chi connectivity index (χ1v) is 4.23. The van der Waals surface area contributed by atoms with Crippen LogP contribution >= 0.6 is 0 Å². The van der Waals surface area contributed by atoms with Crippen LogP contribution in [-0.4, -0.2) is 13.0 Å². The zero-order valence-electron chi connectivity index (χ0n) is 6.62. The number of hydrogen-bond donors (Lipinski definition) is 0. The Morgan fingerprint density at radius 1 is 1.23 bits per heavy atom. The monoisotopic (exact) mass is 216 g/mol. The van der Waals surface area contributed by atoms with E-state index in [-0.39, 0.29) is 29.6 Å². The largest absolute Gasteiger partial charge is 1.00 e. The molecular formula is C6H3F2NaO3S. The van der Waals surface area contributed by atoms with Crippen molar-refractivity contribution in [2.45, 2.75) is 4.90 Å². The predicted octanol–water partition coefficient (Wildman–Crippen LogP) is -2.13. The van der Waals surface area contributed by atoms with Crippen molar-refractivity contribution < 1.29 is 51.3 Å². The molecule has 0 N–H and O–H groups in total. The predicted molar refractivity (Wildman–Crippen MR) is 34.3 cm³/mol. The van der Waals surface area contributed by atoms with E-state index in [4.69, 9.17) is 0 Å². The van der Waals surface area contributed by atoms with Gasteiger partial charge in [0, 0.05) is 0 Å². The maximum atomic E-state index is 12.5. The van der Waals surface area contributed by atoms with Gasteiger partial charge in [0.2, 0.25) is 0 Å². The Hall–Kier alpha value is -0.0100. The molecule has 3 nitrogen and oxygen atoms in total. The number of halogens is 2. The molecule has 0 aliphatic carbocycles. The van der Waals surface area contributed by atoms with Crippen LogP contribution in [-0.2, 0) is 10.1 Å². The molecule has 1 aromatic rings. The summed E-state index contributed by atoms with van der Waals surface area (Å²) in [4.78, 5) is -1.16. The van der Waals surface area contributed by atoms with Crippen LogP contribution in [0.15, 0.2) is 23.1 Å². The summed E-state index contributed by atoms with van der Waals surface area (Å²) in [6.45, 7) is 0. The normalized spacial score (nSPS) is 10.7. The van der Waals surface area contributed by atoms with Gasteiger partial charge in [0.05, 0.1) is 4.90 Å². The number of rotatable bonds is 1. The van der Waals surface area contributed by atoms with Crippen LogP contribution < -0.4 is 29.6 Å². The fourth-order valence-electron chi connectivity index (χ4n) is 0.669. The smallest absolute Gasteiger partial charge is 0.744 e. The average Bonchev–Trinajstić information content (AvgIpc) is 1.92. The fraction of sp³-hybridized carbons (Fsp3) is 0. The van der Waals surface area contributed by atoms with Crippen molar-refractivity contribution in [3.8, 4) is 0 Å². The molecule has 1 rings (SSSR count). The van der Waals surface area contributed by atoms with Crippen molar-refractivity contribution in [3.63, 3.8) is 0 Å². The van der Waals surface area contributed by atoms with Crippen LogP contribution in [0.1, 0.15) is 0 Å². The molecule has 0 radical (unpaired) electrons. The minimum atomic E-state index is -4.92. The van der Waals surface area contributed by atoms with Gasteiger partial charge in [-0.3, -0.25) is 0 Å². The van der Waals surface area contributed by atoms with Crippen molar-refractivity contribution >= 4 is 10.1 Å². The van der Waals surface area contributed by atoms with E-state index in [9.17, 15) is 21.8 Å². The maximum Gasteiger partial charge on any atom is 1.00 e. The zero-order chi connectivity index (χ0) is 9.35. The van der Waals surface area contributed by atoms with E-state index >= 15 is 0 Å². The minimum Gasteiger partial charge on any atom is -0.744 e. The maximum absolute atomic E-state index is 12.5. The van der Waals surface area contributed by atoms with Crippen molar-refractivity contribution in [1.82, 2.24) is 0 Å². The molecule has 0 spiro atoms. The van der Waals surface area contributed by atoms with E-state index in [1.165, 1.54) is 0 Å². The first-order valence-electron chi connectivity index (χ1n) is 2.82. The summed E-state index contributed by atoms with van der Waals surface area (Å²) < 4.78 is 55.6. The molecule has 0 aromatic heterocycles. The Balaban J connectivity index is 0.00000144. The molecule has 0 aliphatic rings. The SMILES string of the molecule is O=S(=O)([O-])c1cc(F)ccc1F.[Na+]. The molecular weight excluding hydrogens is 213 g/mol. The molecule has 66 valence electrons. The Labute approximate surface area is 95.8 Å². The molecule has 0 saturated carbocycles. The van der Waals surface area contributed by atoms with Gasteiger partial charge >= 0.3 is 29.6 Å². The second-order valence-electron chi connectivity index (χ2n) is 2.03. The Morgan fingerprint density at radius 3 is 2.15 bits per heavy atom. The van der Waals surface area contributed by atoms with E-state index in [1.54, 1.807) is 0 Å². The average molecular weight is 216 g/mol. The van der Waals surface area contributed by atoms with Gasteiger partial charge in [-0.1, -0.05) is 0 Å². The van der Waals surface area contributed by atoms with Gasteiger partial charge in [-0.2, -0.15) is 0 Å². The van der Waals surface area contributed by atoms with E-state index in [0.717, 1.165) is 6.07 Å². The van der Waals surface area contributed by atoms with Gasteiger partial charge in [-0.05, 0) is 18.2 Å². The number of hydrogen-bond acceptors (Lipinski definition) is 3. The van der Waals surface area contributed by atoms with Gasteiger partial charge in [-0.15, -0.1) is 0 Å². The molecule has 0 bridgehead atoms. The standard InChI is InChI=1S/C6H4F2O3S.Na/c7-4-1-2-5(8)6(3-4)12(9,10)11;/h1-3H,(H,9,10,11);/q;+1/p-1. The first-order chi connectivity index (χ1) is 5.41. The fourth-order valence-corrected chi connectivity index (χ4v) is 1.23. The van der Waals surface area contributed by atoms with Gasteiger partial charge < -0.3 is 4.55 Å². The van der Waals surface area contributed by atoms with Crippen LogP contribution in [0, 0.1) is 11.6 Å². The summed E-state index contributed by atoms with van der Waals surface area (Å²) in [6.07, 6.45) is 0. The topological polar surface area (TPSA) is 57.2 Å². The molecule has 1 aromatic carbocycles. The van der Waals surface area contributed by atoms with E-state index in [0.29, 0.717) is 12.1 Å². The molecule has 0 amide bonds. The molecule has 7 heteroatoms. The molecule has 0 fully saturated rings. The Morgan fingerprint density at radius 2 is 1.77 bits per heavy atom. The molecule has 0 atom stereocenters. The molecule has 0 aliphatic heterocycles. The number of benzene rings is 1. The van der Waals surface area contributed by atoms with Crippen LogP contribution in [0.5, 0.6) is 0 Å². The van der Waals surface area contributed by atoms with Gasteiger partial charge in [0.1, 0.15) is 21.8 Å². The molecule has 0 unspecified atom stereocenters. The third kappa shape index (κ3) is 3.32. The van der Waals surface area contributed by atoms with Gasteiger partial charge in [0.15, 0.2) is 0 Å². The van der Waals surface area contributed by atoms with Crippen molar-refractivity contribution in [2.75, 3.05) is 0 Å². The van der Waals surface area contributed by atoms with Crippen LogP contribution in [0.3, 0.4) is 0 Å². The first kappa shape index (κ1) is 13.0.